The van der Waals surface area contributed by atoms with Gasteiger partial charge in [0.15, 0.2) is 0 Å². The molecule has 0 bridgehead atoms. The van der Waals surface area contributed by atoms with E-state index < -0.39 is 0 Å². The Bertz CT molecular complexity index is 213. The largest absolute Gasteiger partial charge is 0.292 e. The second-order valence-corrected chi connectivity index (χ2v) is 5.13. The minimum Gasteiger partial charge on any atom is -0.292 e. The van der Waals surface area contributed by atoms with Crippen LogP contribution in [0.15, 0.2) is 4.99 Å². The summed E-state index contributed by atoms with van der Waals surface area (Å²) < 4.78 is 0. The molecule has 1 rings (SSSR count). The van der Waals surface area contributed by atoms with Crippen molar-refractivity contribution in [2.75, 3.05) is 12.3 Å². The van der Waals surface area contributed by atoms with Gasteiger partial charge in [0.25, 0.3) is 0 Å². The molecule has 0 spiro atoms. The van der Waals surface area contributed by atoms with Crippen LogP contribution < -0.4 is 0 Å². The minimum absolute atomic E-state index is 0.483. The van der Waals surface area contributed by atoms with Gasteiger partial charge in [0.05, 0.1) is 0 Å². The highest BCUT2D eigenvalue weighted by molar-refractivity contribution is 7.80. The first-order chi connectivity index (χ1) is 7.29. The molecule has 1 aliphatic heterocycles. The minimum atomic E-state index is 0.483. The van der Waals surface area contributed by atoms with E-state index in [0.717, 1.165) is 18.7 Å². The Morgan fingerprint density at radius 2 is 2.07 bits per heavy atom. The maximum atomic E-state index is 4.55. The Kier molecular flexibility index (Phi) is 5.73. The van der Waals surface area contributed by atoms with Crippen molar-refractivity contribution in [3.05, 3.63) is 0 Å². The molecule has 15 heavy (non-hydrogen) atoms. The fraction of sp³-hybridized carbons (Fsp3) is 0.923. The van der Waals surface area contributed by atoms with Crippen LogP contribution in [0, 0.1) is 5.41 Å². The zero-order valence-corrected chi connectivity index (χ0v) is 11.2. The van der Waals surface area contributed by atoms with Crippen molar-refractivity contribution >= 4 is 18.3 Å². The van der Waals surface area contributed by atoms with Gasteiger partial charge in [-0.1, -0.05) is 39.5 Å². The Balaban J connectivity index is 2.32. The molecular weight excluding hydrogens is 202 g/mol. The predicted octanol–water partition coefficient (Wildman–Crippen LogP) is 4.13. The van der Waals surface area contributed by atoms with Gasteiger partial charge in [0.2, 0.25) is 0 Å². The Labute approximate surface area is 100 Å². The molecule has 1 atom stereocenters. The summed E-state index contributed by atoms with van der Waals surface area (Å²) in [7, 11) is 0. The summed E-state index contributed by atoms with van der Waals surface area (Å²) in [4.78, 5) is 4.55. The smallest absolute Gasteiger partial charge is 0.0497 e. The van der Waals surface area contributed by atoms with Crippen molar-refractivity contribution in [1.82, 2.24) is 0 Å². The lowest BCUT2D eigenvalue weighted by molar-refractivity contribution is 0.326. The molecule has 0 aromatic heterocycles. The predicted molar refractivity (Wildman–Crippen MR) is 72.3 cm³/mol. The monoisotopic (exact) mass is 227 g/mol. The van der Waals surface area contributed by atoms with Crippen molar-refractivity contribution in [3.8, 4) is 0 Å². The molecule has 0 amide bonds. The van der Waals surface area contributed by atoms with Crippen LogP contribution in [0.2, 0.25) is 0 Å². The standard InChI is InChI=1S/C13H25NS/c1-3-5-6-7-9-13(4-2)11-14-12(13)8-10-15/h15H,3-11H2,1-2H3. The first-order valence-electron chi connectivity index (χ1n) is 6.43. The molecular formula is C13H25NS. The van der Waals surface area contributed by atoms with Crippen LogP contribution in [-0.2, 0) is 0 Å². The van der Waals surface area contributed by atoms with Gasteiger partial charge in [0, 0.05) is 17.7 Å². The SMILES string of the molecule is CCCCCCC1(CC)CN=C1CCS. The highest BCUT2D eigenvalue weighted by Gasteiger charge is 2.38. The van der Waals surface area contributed by atoms with Crippen molar-refractivity contribution in [2.45, 2.75) is 58.8 Å². The maximum absolute atomic E-state index is 4.55. The van der Waals surface area contributed by atoms with Gasteiger partial charge in [-0.2, -0.15) is 12.6 Å². The number of hydrogen-bond donors (Lipinski definition) is 1. The van der Waals surface area contributed by atoms with Gasteiger partial charge < -0.3 is 0 Å². The number of rotatable bonds is 8. The molecule has 0 aromatic rings. The highest BCUT2D eigenvalue weighted by atomic mass is 32.1. The number of nitrogens with zero attached hydrogens (tertiary/aromatic N) is 1. The van der Waals surface area contributed by atoms with Crippen molar-refractivity contribution < 1.29 is 0 Å². The zero-order chi connectivity index (χ0) is 11.1. The fourth-order valence-electron chi connectivity index (χ4n) is 2.47. The van der Waals surface area contributed by atoms with Crippen LogP contribution >= 0.6 is 12.6 Å². The van der Waals surface area contributed by atoms with Gasteiger partial charge in [-0.25, -0.2) is 0 Å². The molecule has 2 heteroatoms. The average Bonchev–Trinajstić information content (AvgIpc) is 2.25. The molecule has 0 saturated carbocycles. The molecule has 1 unspecified atom stereocenters. The van der Waals surface area contributed by atoms with E-state index in [2.05, 4.69) is 31.5 Å². The van der Waals surface area contributed by atoms with E-state index in [9.17, 15) is 0 Å². The number of aliphatic imine (C=N–C) groups is 1. The van der Waals surface area contributed by atoms with Gasteiger partial charge in [-0.3, -0.25) is 4.99 Å². The first kappa shape index (κ1) is 13.1. The van der Waals surface area contributed by atoms with E-state index in [-0.39, 0.29) is 0 Å². The van der Waals surface area contributed by atoms with Crippen molar-refractivity contribution in [1.29, 1.82) is 0 Å². The van der Waals surface area contributed by atoms with Crippen molar-refractivity contribution in [3.63, 3.8) is 0 Å². The second kappa shape index (κ2) is 6.57. The average molecular weight is 227 g/mol. The molecule has 0 fully saturated rings. The molecule has 0 radical (unpaired) electrons. The van der Waals surface area contributed by atoms with Crippen LogP contribution in [-0.4, -0.2) is 18.0 Å². The van der Waals surface area contributed by atoms with E-state index in [0.29, 0.717) is 5.41 Å². The molecule has 0 aromatic carbocycles. The summed E-state index contributed by atoms with van der Waals surface area (Å²) in [5, 5.41) is 0. The Hall–Kier alpha value is 0.0200. The summed E-state index contributed by atoms with van der Waals surface area (Å²) in [5.74, 6) is 0.954. The molecule has 0 aliphatic carbocycles. The third-order valence-electron chi connectivity index (χ3n) is 3.72. The number of hydrogen-bond acceptors (Lipinski definition) is 2. The van der Waals surface area contributed by atoms with Crippen LogP contribution in [0.1, 0.15) is 58.8 Å². The Morgan fingerprint density at radius 3 is 2.53 bits per heavy atom. The zero-order valence-electron chi connectivity index (χ0n) is 10.3. The van der Waals surface area contributed by atoms with Crippen LogP contribution in [0.25, 0.3) is 0 Å². The third-order valence-corrected chi connectivity index (χ3v) is 3.94. The molecule has 88 valence electrons. The van der Waals surface area contributed by atoms with E-state index in [1.807, 2.05) is 0 Å². The summed E-state index contributed by atoms with van der Waals surface area (Å²) in [6, 6.07) is 0. The molecule has 1 aliphatic rings. The summed E-state index contributed by atoms with van der Waals surface area (Å²) >= 11 is 4.31. The quantitative estimate of drug-likeness (QED) is 0.473. The van der Waals surface area contributed by atoms with Crippen molar-refractivity contribution in [2.24, 2.45) is 10.4 Å². The van der Waals surface area contributed by atoms with E-state index in [4.69, 9.17) is 0 Å². The van der Waals surface area contributed by atoms with E-state index >= 15 is 0 Å². The normalized spacial score (nSPS) is 24.9. The third kappa shape index (κ3) is 3.24. The second-order valence-electron chi connectivity index (χ2n) is 4.68. The summed E-state index contributed by atoms with van der Waals surface area (Å²) in [5.41, 5.74) is 1.94. The molecule has 1 nitrogen and oxygen atoms in total. The summed E-state index contributed by atoms with van der Waals surface area (Å²) in [6.45, 7) is 5.67. The van der Waals surface area contributed by atoms with Gasteiger partial charge in [0.1, 0.15) is 0 Å². The van der Waals surface area contributed by atoms with Gasteiger partial charge in [-0.05, 0) is 25.0 Å². The highest BCUT2D eigenvalue weighted by Crippen LogP contribution is 2.39. The Morgan fingerprint density at radius 1 is 1.27 bits per heavy atom. The van der Waals surface area contributed by atoms with Gasteiger partial charge in [-0.15, -0.1) is 0 Å². The van der Waals surface area contributed by atoms with E-state index in [1.54, 1.807) is 0 Å². The topological polar surface area (TPSA) is 12.4 Å². The lowest BCUT2D eigenvalue weighted by Gasteiger charge is -2.40. The lowest BCUT2D eigenvalue weighted by Crippen LogP contribution is -2.42. The first-order valence-corrected chi connectivity index (χ1v) is 7.07. The van der Waals surface area contributed by atoms with Crippen LogP contribution in [0.5, 0.6) is 0 Å². The molecule has 1 heterocycles. The fourth-order valence-corrected chi connectivity index (χ4v) is 2.68. The number of thiol groups is 1. The van der Waals surface area contributed by atoms with E-state index in [1.165, 1.54) is 44.2 Å². The van der Waals surface area contributed by atoms with Gasteiger partial charge >= 0.3 is 0 Å². The lowest BCUT2D eigenvalue weighted by atomic mass is 9.71. The van der Waals surface area contributed by atoms with Crippen LogP contribution in [0.3, 0.4) is 0 Å². The van der Waals surface area contributed by atoms with Crippen LogP contribution in [0.4, 0.5) is 0 Å². The summed E-state index contributed by atoms with van der Waals surface area (Å²) in [6.07, 6.45) is 9.22. The molecule has 0 saturated heterocycles. The molecule has 0 N–H and O–H groups in total. The number of unbranched alkanes of at least 4 members (excludes halogenated alkanes) is 3. The maximum Gasteiger partial charge on any atom is 0.0497 e.